The number of nitrogens with zero attached hydrogens (tertiary/aromatic N) is 1. The average molecular weight is 459 g/mol. The number of hydrogen-bond acceptors (Lipinski definition) is 4. The summed E-state index contributed by atoms with van der Waals surface area (Å²) in [5, 5.41) is 3.48. The van der Waals surface area contributed by atoms with Crippen molar-refractivity contribution in [1.29, 1.82) is 0 Å². The zero-order valence-corrected chi connectivity index (χ0v) is 18.8. The number of benzene rings is 3. The van der Waals surface area contributed by atoms with Crippen LogP contribution >= 0.6 is 11.6 Å². The second-order valence-corrected chi connectivity index (χ2v) is 9.39. The molecule has 0 saturated heterocycles. The highest BCUT2D eigenvalue weighted by atomic mass is 35.5. The molecule has 0 spiro atoms. The number of rotatable bonds is 8. The Hall–Kier alpha value is -2.87. The third kappa shape index (κ3) is 5.64. The maximum atomic E-state index is 12.8. The molecule has 3 rings (SSSR count). The van der Waals surface area contributed by atoms with Gasteiger partial charge in [0.05, 0.1) is 12.0 Å². The first-order valence-electron chi connectivity index (χ1n) is 9.52. The molecule has 6 nitrogen and oxygen atoms in total. The average Bonchev–Trinajstić information content (AvgIpc) is 2.79. The van der Waals surface area contributed by atoms with E-state index in [-0.39, 0.29) is 17.3 Å². The Balaban J connectivity index is 1.77. The minimum atomic E-state index is -3.68. The van der Waals surface area contributed by atoms with Gasteiger partial charge in [0, 0.05) is 36.3 Å². The smallest absolute Gasteiger partial charge is 0.251 e. The monoisotopic (exact) mass is 458 g/mol. The number of nitrogens with one attached hydrogen (secondary N) is 1. The molecule has 0 aliphatic heterocycles. The minimum absolute atomic E-state index is 0.0543. The summed E-state index contributed by atoms with van der Waals surface area (Å²) in [7, 11) is -0.679. The maximum Gasteiger partial charge on any atom is 0.251 e. The molecule has 162 valence electrons. The number of sulfonamides is 1. The molecule has 0 bridgehead atoms. The minimum Gasteiger partial charge on any atom is -0.496 e. The predicted octanol–water partition coefficient (Wildman–Crippen LogP) is 4.10. The van der Waals surface area contributed by atoms with Crippen LogP contribution in [0.4, 0.5) is 0 Å². The summed E-state index contributed by atoms with van der Waals surface area (Å²) in [5.41, 5.74) is 1.92. The summed E-state index contributed by atoms with van der Waals surface area (Å²) in [6.45, 7) is 0.401. The van der Waals surface area contributed by atoms with E-state index in [0.29, 0.717) is 28.4 Å². The summed E-state index contributed by atoms with van der Waals surface area (Å²) >= 11 is 5.88. The van der Waals surface area contributed by atoms with E-state index in [0.717, 1.165) is 5.56 Å². The first-order chi connectivity index (χ1) is 14.8. The zero-order valence-electron chi connectivity index (χ0n) is 17.2. The second-order valence-electron chi connectivity index (χ2n) is 6.91. The van der Waals surface area contributed by atoms with Gasteiger partial charge in [-0.15, -0.1) is 0 Å². The topological polar surface area (TPSA) is 75.7 Å². The largest absolute Gasteiger partial charge is 0.496 e. The van der Waals surface area contributed by atoms with E-state index < -0.39 is 10.0 Å². The van der Waals surface area contributed by atoms with Gasteiger partial charge in [-0.3, -0.25) is 4.79 Å². The Kier molecular flexibility index (Phi) is 7.33. The fourth-order valence-corrected chi connectivity index (χ4v) is 4.32. The van der Waals surface area contributed by atoms with Gasteiger partial charge in [0.2, 0.25) is 10.0 Å². The molecular formula is C23H23ClN2O4S. The SMILES string of the molecule is COc1ccc(C(=O)NCc2ccc(Cl)cc2)cc1CN(C)S(=O)(=O)c1ccccc1. The molecule has 0 unspecified atom stereocenters. The highest BCUT2D eigenvalue weighted by Gasteiger charge is 2.22. The lowest BCUT2D eigenvalue weighted by Crippen LogP contribution is -2.27. The third-order valence-corrected chi connectivity index (χ3v) is 6.82. The normalized spacial score (nSPS) is 11.4. The second kappa shape index (κ2) is 9.96. The van der Waals surface area contributed by atoms with E-state index in [4.69, 9.17) is 16.3 Å². The van der Waals surface area contributed by atoms with Crippen LogP contribution in [-0.4, -0.2) is 32.8 Å². The molecular weight excluding hydrogens is 436 g/mol. The van der Waals surface area contributed by atoms with Crippen LogP contribution in [0.2, 0.25) is 5.02 Å². The summed E-state index contributed by atoms with van der Waals surface area (Å²) in [4.78, 5) is 12.8. The Bertz CT molecular complexity index is 1150. The van der Waals surface area contributed by atoms with Crippen molar-refractivity contribution in [2.45, 2.75) is 18.0 Å². The fraction of sp³-hybridized carbons (Fsp3) is 0.174. The van der Waals surface area contributed by atoms with Crippen LogP contribution in [0.15, 0.2) is 77.7 Å². The number of halogens is 1. The molecule has 0 aliphatic rings. The molecule has 0 aromatic heterocycles. The molecule has 0 saturated carbocycles. The van der Waals surface area contributed by atoms with Crippen molar-refractivity contribution in [2.24, 2.45) is 0 Å². The van der Waals surface area contributed by atoms with E-state index in [1.807, 2.05) is 12.1 Å². The van der Waals surface area contributed by atoms with Crippen LogP contribution in [-0.2, 0) is 23.1 Å². The molecule has 8 heteroatoms. The molecule has 31 heavy (non-hydrogen) atoms. The Morgan fingerprint density at radius 2 is 1.71 bits per heavy atom. The molecule has 3 aromatic carbocycles. The van der Waals surface area contributed by atoms with E-state index in [1.54, 1.807) is 60.7 Å². The molecule has 3 aromatic rings. The summed E-state index contributed by atoms with van der Waals surface area (Å²) in [6, 6.07) is 20.3. The lowest BCUT2D eigenvalue weighted by atomic mass is 10.1. The maximum absolute atomic E-state index is 12.8. The van der Waals surface area contributed by atoms with Crippen molar-refractivity contribution in [3.8, 4) is 5.75 Å². The highest BCUT2D eigenvalue weighted by molar-refractivity contribution is 7.89. The molecule has 0 heterocycles. The Morgan fingerprint density at radius 3 is 2.35 bits per heavy atom. The molecule has 1 N–H and O–H groups in total. The summed E-state index contributed by atoms with van der Waals surface area (Å²) in [5.74, 6) is 0.233. The van der Waals surface area contributed by atoms with Crippen molar-refractivity contribution in [3.05, 3.63) is 94.5 Å². The van der Waals surface area contributed by atoms with Gasteiger partial charge in [-0.1, -0.05) is 41.9 Å². The number of hydrogen-bond donors (Lipinski definition) is 1. The van der Waals surface area contributed by atoms with Crippen LogP contribution < -0.4 is 10.1 Å². The number of methoxy groups -OCH3 is 1. The molecule has 0 aliphatic carbocycles. The van der Waals surface area contributed by atoms with Gasteiger partial charge in [0.25, 0.3) is 5.91 Å². The number of ether oxygens (including phenoxy) is 1. The first kappa shape index (κ1) is 22.8. The molecule has 0 radical (unpaired) electrons. The Labute approximate surface area is 187 Å². The van der Waals surface area contributed by atoms with Crippen LogP contribution in [0.5, 0.6) is 5.75 Å². The van der Waals surface area contributed by atoms with Crippen molar-refractivity contribution < 1.29 is 17.9 Å². The van der Waals surface area contributed by atoms with Gasteiger partial charge < -0.3 is 10.1 Å². The van der Waals surface area contributed by atoms with Gasteiger partial charge in [0.1, 0.15) is 5.75 Å². The zero-order chi connectivity index (χ0) is 22.4. The van der Waals surface area contributed by atoms with Gasteiger partial charge >= 0.3 is 0 Å². The molecule has 1 amide bonds. The number of amides is 1. The van der Waals surface area contributed by atoms with Gasteiger partial charge in [-0.05, 0) is 48.0 Å². The van der Waals surface area contributed by atoms with Gasteiger partial charge in [-0.2, -0.15) is 4.31 Å². The van der Waals surface area contributed by atoms with E-state index in [1.165, 1.54) is 18.5 Å². The van der Waals surface area contributed by atoms with Crippen LogP contribution in [0, 0.1) is 0 Å². The molecule has 0 atom stereocenters. The van der Waals surface area contributed by atoms with Crippen LogP contribution in [0.1, 0.15) is 21.5 Å². The molecule has 0 fully saturated rings. The standard InChI is InChI=1S/C23H23ClN2O4S/c1-26(31(28,29)21-6-4-3-5-7-21)16-19-14-18(10-13-22(19)30-2)23(27)25-15-17-8-11-20(24)12-9-17/h3-14H,15-16H2,1-2H3,(H,25,27). The van der Waals surface area contributed by atoms with Crippen molar-refractivity contribution in [3.63, 3.8) is 0 Å². The van der Waals surface area contributed by atoms with E-state index in [9.17, 15) is 13.2 Å². The summed E-state index contributed by atoms with van der Waals surface area (Å²) in [6.07, 6.45) is 0. The Morgan fingerprint density at radius 1 is 1.03 bits per heavy atom. The van der Waals surface area contributed by atoms with Gasteiger partial charge in [0.15, 0.2) is 0 Å². The van der Waals surface area contributed by atoms with Gasteiger partial charge in [-0.25, -0.2) is 8.42 Å². The lowest BCUT2D eigenvalue weighted by molar-refractivity contribution is 0.0950. The first-order valence-corrected chi connectivity index (χ1v) is 11.3. The third-order valence-electron chi connectivity index (χ3n) is 4.75. The van der Waals surface area contributed by atoms with Crippen molar-refractivity contribution >= 4 is 27.5 Å². The quantitative estimate of drug-likeness (QED) is 0.551. The van der Waals surface area contributed by atoms with Crippen molar-refractivity contribution in [2.75, 3.05) is 14.2 Å². The van der Waals surface area contributed by atoms with E-state index >= 15 is 0 Å². The van der Waals surface area contributed by atoms with E-state index in [2.05, 4.69) is 5.32 Å². The number of carbonyl (C=O) groups is 1. The van der Waals surface area contributed by atoms with Crippen LogP contribution in [0.25, 0.3) is 0 Å². The number of carbonyl (C=O) groups excluding carboxylic acids is 1. The predicted molar refractivity (Wildman–Crippen MR) is 121 cm³/mol. The summed E-state index contributed by atoms with van der Waals surface area (Å²) < 4.78 is 32.3. The fourth-order valence-electron chi connectivity index (χ4n) is 3.03. The lowest BCUT2D eigenvalue weighted by Gasteiger charge is -2.19. The highest BCUT2D eigenvalue weighted by Crippen LogP contribution is 2.24. The van der Waals surface area contributed by atoms with Crippen molar-refractivity contribution in [1.82, 2.24) is 9.62 Å². The van der Waals surface area contributed by atoms with Crippen LogP contribution in [0.3, 0.4) is 0 Å².